The van der Waals surface area contributed by atoms with E-state index >= 15 is 0 Å². The Hall–Kier alpha value is -1.60. The summed E-state index contributed by atoms with van der Waals surface area (Å²) in [7, 11) is 0. The second-order valence-corrected chi connectivity index (χ2v) is 9.28. The minimum absolute atomic E-state index is 0.202. The van der Waals surface area contributed by atoms with Crippen molar-refractivity contribution in [3.63, 3.8) is 0 Å². The Morgan fingerprint density at radius 1 is 1.23 bits per heavy atom. The van der Waals surface area contributed by atoms with Gasteiger partial charge in [0.1, 0.15) is 0 Å². The Morgan fingerprint density at radius 3 is 2.58 bits per heavy atom. The highest BCUT2D eigenvalue weighted by Crippen LogP contribution is 2.29. The highest BCUT2D eigenvalue weighted by atomic mass is 32.2. The summed E-state index contributed by atoms with van der Waals surface area (Å²) in [6, 6.07) is 8.32. The van der Waals surface area contributed by atoms with E-state index in [1.807, 2.05) is 4.90 Å². The highest BCUT2D eigenvalue weighted by Gasteiger charge is 2.25. The summed E-state index contributed by atoms with van der Waals surface area (Å²) in [5.41, 5.74) is 2.31. The molecule has 3 rings (SSSR count). The largest absolute Gasteiger partial charge is 0.341 e. The van der Waals surface area contributed by atoms with E-state index in [9.17, 15) is 4.79 Å². The number of rotatable bonds is 6. The fourth-order valence-corrected chi connectivity index (χ4v) is 5.02. The Balaban J connectivity index is 1.50. The van der Waals surface area contributed by atoms with Crippen molar-refractivity contribution >= 4 is 39.8 Å². The average Bonchev–Trinajstić information content (AvgIpc) is 3.07. The van der Waals surface area contributed by atoms with Gasteiger partial charge in [0.25, 0.3) is 0 Å². The molecule has 26 heavy (non-hydrogen) atoms. The number of carbonyl (C=O) groups excluding carboxylic acids is 1. The number of thioether (sulfide) groups is 1. The molecule has 140 valence electrons. The first-order chi connectivity index (χ1) is 12.5. The first kappa shape index (κ1) is 19.2. The maximum atomic E-state index is 12.5. The van der Waals surface area contributed by atoms with Gasteiger partial charge in [-0.15, -0.1) is 10.2 Å². The van der Waals surface area contributed by atoms with Gasteiger partial charge >= 0.3 is 0 Å². The maximum Gasteiger partial charge on any atom is 0.233 e. The van der Waals surface area contributed by atoms with E-state index in [4.69, 9.17) is 0 Å². The lowest BCUT2D eigenvalue weighted by Crippen LogP contribution is -2.43. The van der Waals surface area contributed by atoms with E-state index in [0.29, 0.717) is 17.6 Å². The standard InChI is InChI=1S/C19H26N4OS2/c1-4-15-5-7-16(8-6-15)20-18-21-22-19(26-18)25-12-17(24)23-10-13(2)9-14(3)11-23/h5-8,13-14H,4,9-12H2,1-3H3,(H,20,21)/t13-,14-/m0/s1. The zero-order valence-corrected chi connectivity index (χ0v) is 17.2. The van der Waals surface area contributed by atoms with E-state index in [2.05, 4.69) is 60.6 Å². The van der Waals surface area contributed by atoms with Crippen LogP contribution in [0.3, 0.4) is 0 Å². The predicted molar refractivity (Wildman–Crippen MR) is 109 cm³/mol. The Morgan fingerprint density at radius 2 is 1.92 bits per heavy atom. The number of nitrogens with one attached hydrogen (secondary N) is 1. The molecule has 2 heterocycles. The van der Waals surface area contributed by atoms with Crippen LogP contribution in [-0.2, 0) is 11.2 Å². The SMILES string of the molecule is CCc1ccc(Nc2nnc(SCC(=O)N3C[C@@H](C)C[C@H](C)C3)s2)cc1. The van der Waals surface area contributed by atoms with Gasteiger partial charge in [-0.25, -0.2) is 0 Å². The first-order valence-corrected chi connectivity index (χ1v) is 10.9. The van der Waals surface area contributed by atoms with Gasteiger partial charge in [-0.05, 0) is 42.4 Å². The normalized spacial score (nSPS) is 20.2. The quantitative estimate of drug-likeness (QED) is 0.739. The van der Waals surface area contributed by atoms with Gasteiger partial charge in [0.2, 0.25) is 11.0 Å². The molecule has 1 N–H and O–H groups in total. The fourth-order valence-electron chi connectivity index (χ4n) is 3.35. The van der Waals surface area contributed by atoms with Crippen LogP contribution in [0.15, 0.2) is 28.6 Å². The van der Waals surface area contributed by atoms with Crippen LogP contribution in [0.4, 0.5) is 10.8 Å². The minimum atomic E-state index is 0.202. The Bertz CT molecular complexity index is 721. The summed E-state index contributed by atoms with van der Waals surface area (Å²) < 4.78 is 0.823. The molecular weight excluding hydrogens is 364 g/mol. The number of hydrogen-bond donors (Lipinski definition) is 1. The second kappa shape index (κ2) is 8.86. The summed E-state index contributed by atoms with van der Waals surface area (Å²) in [4.78, 5) is 14.5. The van der Waals surface area contributed by atoms with Crippen LogP contribution in [0.25, 0.3) is 0 Å². The molecule has 0 aliphatic carbocycles. The summed E-state index contributed by atoms with van der Waals surface area (Å²) in [5, 5.41) is 12.4. The molecule has 5 nitrogen and oxygen atoms in total. The molecule has 1 saturated heterocycles. The Labute approximate surface area is 163 Å². The molecule has 7 heteroatoms. The van der Waals surface area contributed by atoms with Crippen molar-refractivity contribution < 1.29 is 4.79 Å². The van der Waals surface area contributed by atoms with Crippen molar-refractivity contribution in [1.82, 2.24) is 15.1 Å². The van der Waals surface area contributed by atoms with Crippen molar-refractivity contribution in [2.24, 2.45) is 11.8 Å². The molecule has 1 aromatic carbocycles. The lowest BCUT2D eigenvalue weighted by molar-refractivity contribution is -0.130. The molecule has 1 aliphatic heterocycles. The average molecular weight is 391 g/mol. The fraction of sp³-hybridized carbons (Fsp3) is 0.526. The van der Waals surface area contributed by atoms with Crippen LogP contribution in [0.1, 0.15) is 32.8 Å². The summed E-state index contributed by atoms with van der Waals surface area (Å²) >= 11 is 2.96. The van der Waals surface area contributed by atoms with E-state index in [1.165, 1.54) is 35.1 Å². The van der Waals surface area contributed by atoms with Gasteiger partial charge in [-0.1, -0.05) is 56.0 Å². The third-order valence-electron chi connectivity index (χ3n) is 4.56. The topological polar surface area (TPSA) is 58.1 Å². The maximum absolute atomic E-state index is 12.5. The van der Waals surface area contributed by atoms with Crippen LogP contribution in [0, 0.1) is 11.8 Å². The van der Waals surface area contributed by atoms with E-state index in [-0.39, 0.29) is 5.91 Å². The van der Waals surface area contributed by atoms with Crippen LogP contribution in [0.2, 0.25) is 0 Å². The number of anilines is 2. The molecule has 1 aliphatic rings. The minimum Gasteiger partial charge on any atom is -0.341 e. The van der Waals surface area contributed by atoms with Gasteiger partial charge < -0.3 is 10.2 Å². The van der Waals surface area contributed by atoms with Crippen LogP contribution >= 0.6 is 23.1 Å². The van der Waals surface area contributed by atoms with Gasteiger partial charge in [0, 0.05) is 18.8 Å². The van der Waals surface area contributed by atoms with Gasteiger partial charge in [0.05, 0.1) is 5.75 Å². The van der Waals surface area contributed by atoms with E-state index in [1.54, 1.807) is 0 Å². The Kier molecular flexibility index (Phi) is 6.53. The predicted octanol–water partition coefficient (Wildman–Crippen LogP) is 4.44. The summed E-state index contributed by atoms with van der Waals surface area (Å²) in [6.07, 6.45) is 2.24. The van der Waals surface area contributed by atoms with Gasteiger partial charge in [0.15, 0.2) is 4.34 Å². The monoisotopic (exact) mass is 390 g/mol. The van der Waals surface area contributed by atoms with Gasteiger partial charge in [-0.3, -0.25) is 4.79 Å². The number of aromatic nitrogens is 2. The smallest absolute Gasteiger partial charge is 0.233 e. The number of likely N-dealkylation sites (tertiary alicyclic amines) is 1. The molecule has 0 bridgehead atoms. The molecular formula is C19H26N4OS2. The highest BCUT2D eigenvalue weighted by molar-refractivity contribution is 8.01. The zero-order valence-electron chi connectivity index (χ0n) is 15.6. The molecule has 1 fully saturated rings. The number of hydrogen-bond acceptors (Lipinski definition) is 6. The molecule has 1 aromatic heterocycles. The molecule has 0 spiro atoms. The van der Waals surface area contributed by atoms with Crippen LogP contribution in [0.5, 0.6) is 0 Å². The van der Waals surface area contributed by atoms with Crippen molar-refractivity contribution in [2.75, 3.05) is 24.2 Å². The third kappa shape index (κ3) is 5.20. The summed E-state index contributed by atoms with van der Waals surface area (Å²) in [6.45, 7) is 8.33. The van der Waals surface area contributed by atoms with E-state index in [0.717, 1.165) is 34.7 Å². The molecule has 0 unspecified atom stereocenters. The van der Waals surface area contributed by atoms with Crippen molar-refractivity contribution in [3.05, 3.63) is 29.8 Å². The van der Waals surface area contributed by atoms with Crippen molar-refractivity contribution in [2.45, 2.75) is 38.0 Å². The van der Waals surface area contributed by atoms with Crippen LogP contribution in [-0.4, -0.2) is 39.8 Å². The number of piperidine rings is 1. The van der Waals surface area contributed by atoms with Crippen molar-refractivity contribution in [1.29, 1.82) is 0 Å². The molecule has 1 amide bonds. The number of benzene rings is 1. The zero-order chi connectivity index (χ0) is 18.5. The number of aryl methyl sites for hydroxylation is 1. The number of amides is 1. The lowest BCUT2D eigenvalue weighted by atomic mass is 9.92. The van der Waals surface area contributed by atoms with E-state index < -0.39 is 0 Å². The number of carbonyl (C=O) groups is 1. The third-order valence-corrected chi connectivity index (χ3v) is 6.52. The lowest BCUT2D eigenvalue weighted by Gasteiger charge is -2.34. The summed E-state index contributed by atoms with van der Waals surface area (Å²) in [5.74, 6) is 1.81. The van der Waals surface area contributed by atoms with Gasteiger partial charge in [-0.2, -0.15) is 0 Å². The molecule has 2 atom stereocenters. The van der Waals surface area contributed by atoms with Crippen LogP contribution < -0.4 is 5.32 Å². The molecule has 0 saturated carbocycles. The first-order valence-electron chi connectivity index (χ1n) is 9.13. The molecule has 0 radical (unpaired) electrons. The second-order valence-electron chi connectivity index (χ2n) is 7.08. The van der Waals surface area contributed by atoms with Crippen molar-refractivity contribution in [3.8, 4) is 0 Å². The number of nitrogens with zero attached hydrogens (tertiary/aromatic N) is 3. The molecule has 2 aromatic rings.